The quantitative estimate of drug-likeness (QED) is 0.668. The summed E-state index contributed by atoms with van der Waals surface area (Å²) in [6, 6.07) is 0. The Labute approximate surface area is 119 Å². The molecule has 0 aromatic heterocycles. The number of carbonyl (C=O) groups is 2. The van der Waals surface area contributed by atoms with E-state index in [0.29, 0.717) is 0 Å². The Hall–Kier alpha value is -1.35. The highest BCUT2D eigenvalue weighted by Gasteiger charge is 2.46. The summed E-state index contributed by atoms with van der Waals surface area (Å²) < 4.78 is 32.0. The maximum atomic E-state index is 11.8. The van der Waals surface area contributed by atoms with E-state index in [4.69, 9.17) is 5.11 Å². The van der Waals surface area contributed by atoms with Crippen LogP contribution in [0.25, 0.3) is 0 Å². The second-order valence-electron chi connectivity index (χ2n) is 5.72. The zero-order valence-electron chi connectivity index (χ0n) is 12.5. The first-order valence-electron chi connectivity index (χ1n) is 5.97. The highest BCUT2D eigenvalue weighted by Crippen LogP contribution is 2.31. The standard InChI is InChI=1S/C11H22N2O6S/c1-7(2)19-9(16)12-20(17,18)13-11(5,6)10(3,4)8(14)15/h7,13H,1-6H3,(H,12,16)(H,14,15). The summed E-state index contributed by atoms with van der Waals surface area (Å²) in [5.74, 6) is -1.17. The van der Waals surface area contributed by atoms with Gasteiger partial charge in [0, 0.05) is 5.54 Å². The Bertz CT molecular complexity index is 481. The molecule has 0 aromatic rings. The summed E-state index contributed by atoms with van der Waals surface area (Å²) in [5, 5.41) is 9.13. The summed E-state index contributed by atoms with van der Waals surface area (Å²) in [6.07, 6.45) is -1.61. The van der Waals surface area contributed by atoms with Crippen LogP contribution in [0, 0.1) is 5.41 Å². The molecule has 0 unspecified atom stereocenters. The molecule has 0 heterocycles. The number of hydrogen-bond acceptors (Lipinski definition) is 5. The van der Waals surface area contributed by atoms with Crippen LogP contribution in [0.4, 0.5) is 4.79 Å². The Kier molecular flexibility index (Phi) is 5.56. The fourth-order valence-electron chi connectivity index (χ4n) is 1.10. The van der Waals surface area contributed by atoms with Crippen molar-refractivity contribution in [3.8, 4) is 0 Å². The van der Waals surface area contributed by atoms with E-state index in [-0.39, 0.29) is 0 Å². The molecule has 0 bridgehead atoms. The third-order valence-corrected chi connectivity index (χ3v) is 4.26. The molecule has 0 atom stereocenters. The van der Waals surface area contributed by atoms with Crippen LogP contribution in [0.3, 0.4) is 0 Å². The van der Waals surface area contributed by atoms with Gasteiger partial charge in [-0.25, -0.2) is 9.52 Å². The van der Waals surface area contributed by atoms with E-state index >= 15 is 0 Å². The number of rotatable bonds is 6. The summed E-state index contributed by atoms with van der Waals surface area (Å²) in [6.45, 7) is 8.71. The van der Waals surface area contributed by atoms with Crippen molar-refractivity contribution in [2.75, 3.05) is 0 Å². The molecule has 0 rings (SSSR count). The Morgan fingerprint density at radius 1 is 1.15 bits per heavy atom. The number of hydrogen-bond donors (Lipinski definition) is 3. The van der Waals surface area contributed by atoms with Gasteiger partial charge >= 0.3 is 22.3 Å². The van der Waals surface area contributed by atoms with Crippen LogP contribution in [-0.2, 0) is 19.7 Å². The number of amides is 1. The molecule has 3 N–H and O–H groups in total. The van der Waals surface area contributed by atoms with E-state index in [1.807, 2.05) is 0 Å². The minimum Gasteiger partial charge on any atom is -0.481 e. The van der Waals surface area contributed by atoms with Crippen molar-refractivity contribution < 1.29 is 27.9 Å². The lowest BCUT2D eigenvalue weighted by Gasteiger charge is -2.38. The van der Waals surface area contributed by atoms with Gasteiger partial charge in [-0.3, -0.25) is 4.79 Å². The molecule has 0 saturated heterocycles. The second kappa shape index (κ2) is 5.96. The van der Waals surface area contributed by atoms with E-state index in [9.17, 15) is 18.0 Å². The van der Waals surface area contributed by atoms with Crippen molar-refractivity contribution in [2.45, 2.75) is 53.2 Å². The molecular weight excluding hydrogens is 288 g/mol. The van der Waals surface area contributed by atoms with E-state index < -0.39 is 39.3 Å². The summed E-state index contributed by atoms with van der Waals surface area (Å²) in [5.41, 5.74) is -2.72. The molecular formula is C11H22N2O6S. The fourth-order valence-corrected chi connectivity index (χ4v) is 2.35. The minimum absolute atomic E-state index is 0.478. The lowest BCUT2D eigenvalue weighted by atomic mass is 9.75. The summed E-state index contributed by atoms with van der Waals surface area (Å²) >= 11 is 0. The van der Waals surface area contributed by atoms with Crippen molar-refractivity contribution >= 4 is 22.3 Å². The van der Waals surface area contributed by atoms with Gasteiger partial charge in [0.2, 0.25) is 0 Å². The molecule has 20 heavy (non-hydrogen) atoms. The van der Waals surface area contributed by atoms with Gasteiger partial charge < -0.3 is 9.84 Å². The first-order chi connectivity index (χ1) is 8.71. The van der Waals surface area contributed by atoms with Crippen LogP contribution in [0.5, 0.6) is 0 Å². The normalized spacial score (nSPS) is 13.2. The first kappa shape index (κ1) is 18.7. The van der Waals surface area contributed by atoms with Crippen molar-refractivity contribution in [3.63, 3.8) is 0 Å². The number of nitrogens with one attached hydrogen (secondary N) is 2. The summed E-state index contributed by atoms with van der Waals surface area (Å²) in [7, 11) is -4.24. The van der Waals surface area contributed by atoms with Crippen molar-refractivity contribution in [1.29, 1.82) is 0 Å². The van der Waals surface area contributed by atoms with E-state index in [1.54, 1.807) is 18.6 Å². The van der Waals surface area contributed by atoms with Crippen molar-refractivity contribution in [2.24, 2.45) is 5.41 Å². The van der Waals surface area contributed by atoms with Crippen molar-refractivity contribution in [1.82, 2.24) is 9.44 Å². The summed E-state index contributed by atoms with van der Waals surface area (Å²) in [4.78, 5) is 22.4. The number of carboxylic acid groups (broad SMARTS) is 1. The molecule has 118 valence electrons. The number of carbonyl (C=O) groups excluding carboxylic acids is 1. The van der Waals surface area contributed by atoms with Gasteiger partial charge in [-0.15, -0.1) is 0 Å². The highest BCUT2D eigenvalue weighted by atomic mass is 32.2. The van der Waals surface area contributed by atoms with Crippen LogP contribution < -0.4 is 9.44 Å². The average Bonchev–Trinajstić information content (AvgIpc) is 2.11. The topological polar surface area (TPSA) is 122 Å². The van der Waals surface area contributed by atoms with Gasteiger partial charge in [0.1, 0.15) is 0 Å². The average molecular weight is 310 g/mol. The fraction of sp³-hybridized carbons (Fsp3) is 0.818. The monoisotopic (exact) mass is 310 g/mol. The molecule has 8 nitrogen and oxygen atoms in total. The largest absolute Gasteiger partial charge is 0.481 e. The predicted molar refractivity (Wildman–Crippen MR) is 72.3 cm³/mol. The second-order valence-corrected chi connectivity index (χ2v) is 7.13. The van der Waals surface area contributed by atoms with Gasteiger partial charge in [-0.1, -0.05) is 0 Å². The van der Waals surface area contributed by atoms with Gasteiger partial charge in [0.25, 0.3) is 0 Å². The maximum Gasteiger partial charge on any atom is 0.422 e. The number of aliphatic carboxylic acids is 1. The first-order valence-corrected chi connectivity index (χ1v) is 7.45. The SMILES string of the molecule is CC(C)OC(=O)NS(=O)(=O)NC(C)(C)C(C)(C)C(=O)O. The number of ether oxygens (including phenoxy) is 1. The van der Waals surface area contributed by atoms with Gasteiger partial charge in [-0.05, 0) is 41.5 Å². The van der Waals surface area contributed by atoms with E-state index in [2.05, 4.69) is 9.46 Å². The van der Waals surface area contributed by atoms with E-state index in [1.165, 1.54) is 27.7 Å². The van der Waals surface area contributed by atoms with Gasteiger partial charge in [-0.2, -0.15) is 13.1 Å². The van der Waals surface area contributed by atoms with Gasteiger partial charge in [0.05, 0.1) is 11.5 Å². The molecule has 1 amide bonds. The molecule has 0 fully saturated rings. The van der Waals surface area contributed by atoms with Crippen molar-refractivity contribution in [3.05, 3.63) is 0 Å². The van der Waals surface area contributed by atoms with Crippen LogP contribution >= 0.6 is 0 Å². The van der Waals surface area contributed by atoms with Crippen LogP contribution in [0.2, 0.25) is 0 Å². The molecule has 0 aliphatic rings. The maximum absolute atomic E-state index is 11.8. The van der Waals surface area contributed by atoms with E-state index in [0.717, 1.165) is 0 Å². The molecule has 0 saturated carbocycles. The Morgan fingerprint density at radius 2 is 1.60 bits per heavy atom. The molecule has 0 aliphatic carbocycles. The van der Waals surface area contributed by atoms with Crippen LogP contribution in [0.15, 0.2) is 0 Å². The predicted octanol–water partition coefficient (Wildman–Crippen LogP) is 0.845. The number of carboxylic acids is 1. The van der Waals surface area contributed by atoms with Gasteiger partial charge in [0.15, 0.2) is 0 Å². The molecule has 0 radical (unpaired) electrons. The lowest BCUT2D eigenvalue weighted by Crippen LogP contribution is -2.59. The lowest BCUT2D eigenvalue weighted by molar-refractivity contribution is -0.150. The Morgan fingerprint density at radius 3 is 1.95 bits per heavy atom. The third-order valence-electron chi connectivity index (χ3n) is 3.05. The Balaban J connectivity index is 5.01. The zero-order valence-corrected chi connectivity index (χ0v) is 13.3. The third kappa shape index (κ3) is 4.97. The minimum atomic E-state index is -4.24. The molecule has 9 heteroatoms. The van der Waals surface area contributed by atoms with Crippen LogP contribution in [-0.4, -0.2) is 37.2 Å². The molecule has 0 spiro atoms. The highest BCUT2D eigenvalue weighted by molar-refractivity contribution is 7.88. The molecule has 0 aromatic carbocycles. The zero-order chi connectivity index (χ0) is 16.4. The molecule has 0 aliphatic heterocycles. The smallest absolute Gasteiger partial charge is 0.422 e. The van der Waals surface area contributed by atoms with Crippen LogP contribution in [0.1, 0.15) is 41.5 Å².